The Bertz CT molecular complexity index is 554. The molecule has 0 spiro atoms. The Morgan fingerprint density at radius 3 is 2.45 bits per heavy atom. The lowest BCUT2D eigenvalue weighted by Crippen LogP contribution is -1.98. The van der Waals surface area contributed by atoms with E-state index in [4.69, 9.17) is 19.3 Å². The van der Waals surface area contributed by atoms with E-state index in [0.29, 0.717) is 29.5 Å². The van der Waals surface area contributed by atoms with Gasteiger partial charge in [0.15, 0.2) is 11.5 Å². The summed E-state index contributed by atoms with van der Waals surface area (Å²) in [5.74, 6) is 2.00. The fraction of sp³-hybridized carbons (Fsp3) is 0.267. The third-order valence-electron chi connectivity index (χ3n) is 2.81. The smallest absolute Gasteiger partial charge is 0.161 e. The van der Waals surface area contributed by atoms with Crippen molar-refractivity contribution < 1.29 is 19.3 Å². The summed E-state index contributed by atoms with van der Waals surface area (Å²) < 4.78 is 16.0. The average Bonchev–Trinajstić information content (AvgIpc) is 2.53. The first-order chi connectivity index (χ1) is 9.76. The lowest BCUT2D eigenvalue weighted by atomic mass is 10.2. The molecule has 0 saturated carbocycles. The van der Waals surface area contributed by atoms with Gasteiger partial charge < -0.3 is 19.3 Å². The van der Waals surface area contributed by atoms with Crippen molar-refractivity contribution in [2.24, 2.45) is 0 Å². The molecule has 1 N–H and O–H groups in total. The second-order valence-electron chi connectivity index (χ2n) is 4.12. The molecule has 0 bridgehead atoms. The van der Waals surface area contributed by atoms with E-state index in [1.54, 1.807) is 32.5 Å². The molecule has 5 nitrogen and oxygen atoms in total. The molecule has 0 aliphatic heterocycles. The second-order valence-corrected chi connectivity index (χ2v) is 4.12. The maximum atomic E-state index is 8.91. The van der Waals surface area contributed by atoms with Gasteiger partial charge in [-0.05, 0) is 29.8 Å². The molecule has 0 aliphatic carbocycles. The van der Waals surface area contributed by atoms with Crippen LogP contribution in [-0.2, 0) is 13.2 Å². The van der Waals surface area contributed by atoms with Gasteiger partial charge in [-0.2, -0.15) is 0 Å². The van der Waals surface area contributed by atoms with E-state index < -0.39 is 0 Å². The normalized spacial score (nSPS) is 10.2. The fourth-order valence-electron chi connectivity index (χ4n) is 1.73. The number of rotatable bonds is 6. The molecular weight excluding hydrogens is 258 g/mol. The Kier molecular flexibility index (Phi) is 4.79. The lowest BCUT2D eigenvalue weighted by Gasteiger charge is -2.10. The number of ether oxygens (including phenoxy) is 3. The van der Waals surface area contributed by atoms with E-state index in [2.05, 4.69) is 4.98 Å². The van der Waals surface area contributed by atoms with E-state index in [1.807, 2.05) is 18.2 Å². The van der Waals surface area contributed by atoms with Crippen LogP contribution in [-0.4, -0.2) is 24.3 Å². The summed E-state index contributed by atoms with van der Waals surface area (Å²) in [5.41, 5.74) is 1.58. The Morgan fingerprint density at radius 2 is 1.85 bits per heavy atom. The molecule has 0 amide bonds. The van der Waals surface area contributed by atoms with Crippen LogP contribution in [0.4, 0.5) is 0 Å². The number of methoxy groups -OCH3 is 2. The van der Waals surface area contributed by atoms with Gasteiger partial charge in [0, 0.05) is 0 Å². The summed E-state index contributed by atoms with van der Waals surface area (Å²) in [5, 5.41) is 8.91. The number of pyridine rings is 1. The molecule has 5 heteroatoms. The zero-order valence-corrected chi connectivity index (χ0v) is 11.5. The molecule has 0 saturated heterocycles. The minimum absolute atomic E-state index is 0.0735. The van der Waals surface area contributed by atoms with Crippen molar-refractivity contribution in [1.29, 1.82) is 0 Å². The molecular formula is C15H17NO4. The van der Waals surface area contributed by atoms with Crippen molar-refractivity contribution >= 4 is 0 Å². The first kappa shape index (κ1) is 14.1. The predicted octanol–water partition coefficient (Wildman–Crippen LogP) is 2.17. The van der Waals surface area contributed by atoms with E-state index in [1.165, 1.54) is 0 Å². The lowest BCUT2D eigenvalue weighted by molar-refractivity contribution is 0.275. The Labute approximate surface area is 117 Å². The molecule has 1 heterocycles. The highest BCUT2D eigenvalue weighted by molar-refractivity contribution is 5.42. The summed E-state index contributed by atoms with van der Waals surface area (Å²) in [7, 11) is 3.20. The van der Waals surface area contributed by atoms with Crippen molar-refractivity contribution in [2.75, 3.05) is 14.2 Å². The van der Waals surface area contributed by atoms with Gasteiger partial charge in [0.05, 0.1) is 32.7 Å². The number of hydrogen-bond acceptors (Lipinski definition) is 5. The van der Waals surface area contributed by atoms with Crippen LogP contribution < -0.4 is 14.2 Å². The Balaban J connectivity index is 2.02. The number of benzene rings is 1. The third-order valence-corrected chi connectivity index (χ3v) is 2.81. The average molecular weight is 275 g/mol. The number of aliphatic hydroxyl groups excluding tert-OH is 1. The van der Waals surface area contributed by atoms with Crippen LogP contribution in [0, 0.1) is 0 Å². The highest BCUT2D eigenvalue weighted by atomic mass is 16.5. The number of nitrogens with zero attached hydrogens (tertiary/aromatic N) is 1. The van der Waals surface area contributed by atoms with Crippen molar-refractivity contribution in [1.82, 2.24) is 4.98 Å². The van der Waals surface area contributed by atoms with Crippen LogP contribution >= 0.6 is 0 Å². The minimum atomic E-state index is -0.0735. The maximum Gasteiger partial charge on any atom is 0.161 e. The zero-order chi connectivity index (χ0) is 14.4. The molecule has 1 aromatic carbocycles. The standard InChI is InChI=1S/C15H17NO4/c1-18-14-6-3-11(7-15(14)19-2)10-20-13-5-4-12(9-17)16-8-13/h3-8,17H,9-10H2,1-2H3. The van der Waals surface area contributed by atoms with Crippen LogP contribution in [0.1, 0.15) is 11.3 Å². The van der Waals surface area contributed by atoms with Crippen LogP contribution in [0.3, 0.4) is 0 Å². The molecule has 106 valence electrons. The van der Waals surface area contributed by atoms with Crippen LogP contribution in [0.5, 0.6) is 17.2 Å². The number of aromatic nitrogens is 1. The monoisotopic (exact) mass is 275 g/mol. The van der Waals surface area contributed by atoms with Crippen LogP contribution in [0.15, 0.2) is 36.5 Å². The van der Waals surface area contributed by atoms with Crippen LogP contribution in [0.2, 0.25) is 0 Å². The summed E-state index contributed by atoms with van der Waals surface area (Å²) in [4.78, 5) is 4.05. The first-order valence-corrected chi connectivity index (χ1v) is 6.16. The summed E-state index contributed by atoms with van der Waals surface area (Å²) in [6.07, 6.45) is 1.59. The largest absolute Gasteiger partial charge is 0.493 e. The van der Waals surface area contributed by atoms with Gasteiger partial charge in [-0.3, -0.25) is 4.98 Å². The zero-order valence-electron chi connectivity index (χ0n) is 11.5. The number of hydrogen-bond donors (Lipinski definition) is 1. The fourth-order valence-corrected chi connectivity index (χ4v) is 1.73. The topological polar surface area (TPSA) is 60.8 Å². The molecule has 20 heavy (non-hydrogen) atoms. The third kappa shape index (κ3) is 3.39. The van der Waals surface area contributed by atoms with E-state index >= 15 is 0 Å². The quantitative estimate of drug-likeness (QED) is 0.875. The predicted molar refractivity (Wildman–Crippen MR) is 74.0 cm³/mol. The Morgan fingerprint density at radius 1 is 1.05 bits per heavy atom. The van der Waals surface area contributed by atoms with Gasteiger partial charge in [0.2, 0.25) is 0 Å². The molecule has 0 unspecified atom stereocenters. The van der Waals surface area contributed by atoms with Crippen molar-refractivity contribution in [2.45, 2.75) is 13.2 Å². The van der Waals surface area contributed by atoms with Gasteiger partial charge >= 0.3 is 0 Å². The van der Waals surface area contributed by atoms with Gasteiger partial charge in [0.1, 0.15) is 12.4 Å². The van der Waals surface area contributed by atoms with E-state index in [9.17, 15) is 0 Å². The first-order valence-electron chi connectivity index (χ1n) is 6.16. The van der Waals surface area contributed by atoms with Crippen molar-refractivity contribution in [3.8, 4) is 17.2 Å². The second kappa shape index (κ2) is 6.77. The number of aliphatic hydroxyl groups is 1. The molecule has 2 rings (SSSR count). The van der Waals surface area contributed by atoms with Gasteiger partial charge in [-0.15, -0.1) is 0 Å². The minimum Gasteiger partial charge on any atom is -0.493 e. The summed E-state index contributed by atoms with van der Waals surface area (Å²) in [6, 6.07) is 9.12. The molecule has 0 radical (unpaired) electrons. The maximum absolute atomic E-state index is 8.91. The van der Waals surface area contributed by atoms with Crippen molar-refractivity contribution in [3.05, 3.63) is 47.8 Å². The van der Waals surface area contributed by atoms with Gasteiger partial charge in [0.25, 0.3) is 0 Å². The van der Waals surface area contributed by atoms with E-state index in [0.717, 1.165) is 5.56 Å². The summed E-state index contributed by atoms with van der Waals surface area (Å²) >= 11 is 0. The highest BCUT2D eigenvalue weighted by Crippen LogP contribution is 2.28. The van der Waals surface area contributed by atoms with Crippen LogP contribution in [0.25, 0.3) is 0 Å². The highest BCUT2D eigenvalue weighted by Gasteiger charge is 2.05. The Hall–Kier alpha value is -2.27. The molecule has 0 aliphatic rings. The van der Waals surface area contributed by atoms with E-state index in [-0.39, 0.29) is 6.61 Å². The molecule has 0 atom stereocenters. The molecule has 1 aromatic heterocycles. The van der Waals surface area contributed by atoms with Crippen molar-refractivity contribution in [3.63, 3.8) is 0 Å². The molecule has 0 fully saturated rings. The summed E-state index contributed by atoms with van der Waals surface area (Å²) in [6.45, 7) is 0.330. The molecule has 2 aromatic rings. The van der Waals surface area contributed by atoms with Gasteiger partial charge in [-0.1, -0.05) is 6.07 Å². The SMILES string of the molecule is COc1ccc(COc2ccc(CO)nc2)cc1OC. The van der Waals surface area contributed by atoms with Gasteiger partial charge in [-0.25, -0.2) is 0 Å².